The van der Waals surface area contributed by atoms with E-state index in [-0.39, 0.29) is 5.78 Å². The van der Waals surface area contributed by atoms with Crippen LogP contribution in [0.5, 0.6) is 0 Å². The molecule has 0 aliphatic carbocycles. The maximum Gasteiger partial charge on any atom is 0.173 e. The molecule has 3 rings (SSSR count). The van der Waals surface area contributed by atoms with Crippen molar-refractivity contribution < 1.29 is 4.79 Å². The lowest BCUT2D eigenvalue weighted by atomic mass is 10.1. The molecule has 2 nitrogen and oxygen atoms in total. The second-order valence-electron chi connectivity index (χ2n) is 6.11. The van der Waals surface area contributed by atoms with Crippen LogP contribution in [0, 0.1) is 13.8 Å². The highest BCUT2D eigenvalue weighted by Gasteiger charge is 2.13. The number of alkyl halides is 1. The number of nitrogens with zero attached hydrogens (tertiary/aromatic N) is 1. The van der Waals surface area contributed by atoms with Crippen molar-refractivity contribution in [2.45, 2.75) is 13.8 Å². The molecule has 3 aromatic rings. The van der Waals surface area contributed by atoms with E-state index in [1.165, 1.54) is 11.1 Å². The van der Waals surface area contributed by atoms with E-state index in [2.05, 4.69) is 83.2 Å². The van der Waals surface area contributed by atoms with Gasteiger partial charge < -0.3 is 4.90 Å². The van der Waals surface area contributed by atoms with E-state index in [9.17, 15) is 4.79 Å². The van der Waals surface area contributed by atoms with E-state index in [0.29, 0.717) is 10.9 Å². The second-order valence-corrected chi connectivity index (χ2v) is 6.67. The molecule has 0 radical (unpaired) electrons. The molecule has 0 N–H and O–H groups in total. The van der Waals surface area contributed by atoms with Crippen LogP contribution in [-0.2, 0) is 0 Å². The number of ketones is 1. The predicted molar refractivity (Wildman–Crippen MR) is 109 cm³/mol. The second kappa shape index (κ2) is 7.66. The molecule has 25 heavy (non-hydrogen) atoms. The summed E-state index contributed by atoms with van der Waals surface area (Å²) in [6.45, 7) is 4.17. The number of aryl methyl sites for hydroxylation is 2. The normalized spacial score (nSPS) is 10.5. The third-order valence-electron chi connectivity index (χ3n) is 4.15. The zero-order valence-electron chi connectivity index (χ0n) is 14.4. The molecule has 0 bridgehead atoms. The van der Waals surface area contributed by atoms with Crippen molar-refractivity contribution in [3.63, 3.8) is 0 Å². The Labute approximate surface area is 157 Å². The van der Waals surface area contributed by atoms with Gasteiger partial charge in [0.15, 0.2) is 5.78 Å². The molecule has 3 aromatic carbocycles. The number of halogens is 1. The highest BCUT2D eigenvalue weighted by molar-refractivity contribution is 9.09. The van der Waals surface area contributed by atoms with Gasteiger partial charge in [-0.3, -0.25) is 4.79 Å². The van der Waals surface area contributed by atoms with Gasteiger partial charge in [-0.05, 0) is 62.4 Å². The fourth-order valence-electron chi connectivity index (χ4n) is 2.71. The van der Waals surface area contributed by atoms with E-state index >= 15 is 0 Å². The zero-order chi connectivity index (χ0) is 17.8. The van der Waals surface area contributed by atoms with Crippen molar-refractivity contribution in [2.24, 2.45) is 0 Å². The first-order valence-electron chi connectivity index (χ1n) is 8.21. The molecule has 0 saturated carbocycles. The van der Waals surface area contributed by atoms with Crippen LogP contribution in [0.4, 0.5) is 17.1 Å². The summed E-state index contributed by atoms with van der Waals surface area (Å²) in [5, 5.41) is 0.339. The number of rotatable bonds is 5. The topological polar surface area (TPSA) is 20.3 Å². The van der Waals surface area contributed by atoms with Crippen LogP contribution in [0.15, 0.2) is 72.8 Å². The van der Waals surface area contributed by atoms with Gasteiger partial charge in [-0.25, -0.2) is 0 Å². The summed E-state index contributed by atoms with van der Waals surface area (Å²) in [5.74, 6) is 0.0868. The molecular weight excluding hydrogens is 374 g/mol. The molecule has 0 aromatic heterocycles. The number of hydrogen-bond donors (Lipinski definition) is 0. The Hall–Kier alpha value is -2.39. The Morgan fingerprint density at radius 1 is 0.720 bits per heavy atom. The molecular formula is C22H20BrNO. The number of hydrogen-bond acceptors (Lipinski definition) is 2. The Bertz CT molecular complexity index is 807. The fourth-order valence-corrected chi connectivity index (χ4v) is 3.03. The van der Waals surface area contributed by atoms with E-state index in [0.717, 1.165) is 17.1 Å². The number of benzene rings is 3. The third kappa shape index (κ3) is 3.99. The van der Waals surface area contributed by atoms with Gasteiger partial charge in [0.05, 0.1) is 5.33 Å². The molecule has 0 unspecified atom stereocenters. The minimum absolute atomic E-state index is 0.0868. The minimum Gasteiger partial charge on any atom is -0.311 e. The standard InChI is InChI=1S/C22H20BrNO/c1-16-3-9-19(10-4-16)24(20-11-5-17(2)6-12-20)21-13-7-18(8-14-21)22(25)15-23/h3-14H,15H2,1-2H3. The maximum atomic E-state index is 11.8. The Morgan fingerprint density at radius 3 is 1.44 bits per heavy atom. The molecule has 0 heterocycles. The Balaban J connectivity index is 2.05. The van der Waals surface area contributed by atoms with Crippen LogP contribution in [-0.4, -0.2) is 11.1 Å². The first-order valence-corrected chi connectivity index (χ1v) is 9.33. The summed E-state index contributed by atoms with van der Waals surface area (Å²) in [5.41, 5.74) is 6.38. The lowest BCUT2D eigenvalue weighted by Crippen LogP contribution is -2.10. The average Bonchev–Trinajstić information content (AvgIpc) is 2.65. The molecule has 0 amide bonds. The first-order chi connectivity index (χ1) is 12.1. The summed E-state index contributed by atoms with van der Waals surface area (Å²) >= 11 is 3.23. The quantitative estimate of drug-likeness (QED) is 0.371. The highest BCUT2D eigenvalue weighted by Crippen LogP contribution is 2.34. The van der Waals surface area contributed by atoms with Crippen LogP contribution in [0.3, 0.4) is 0 Å². The molecule has 126 valence electrons. The maximum absolute atomic E-state index is 11.8. The van der Waals surface area contributed by atoms with Gasteiger partial charge in [0.2, 0.25) is 0 Å². The summed E-state index contributed by atoms with van der Waals surface area (Å²) in [6.07, 6.45) is 0. The molecule has 0 fully saturated rings. The van der Waals surface area contributed by atoms with Crippen molar-refractivity contribution in [3.05, 3.63) is 89.5 Å². The Morgan fingerprint density at radius 2 is 1.08 bits per heavy atom. The van der Waals surface area contributed by atoms with Crippen LogP contribution >= 0.6 is 15.9 Å². The van der Waals surface area contributed by atoms with Gasteiger partial charge in [-0.2, -0.15) is 0 Å². The smallest absolute Gasteiger partial charge is 0.173 e. The lowest BCUT2D eigenvalue weighted by molar-refractivity contribution is 0.102. The Kier molecular flexibility index (Phi) is 5.34. The molecule has 0 spiro atoms. The van der Waals surface area contributed by atoms with Gasteiger partial charge in [0, 0.05) is 22.6 Å². The van der Waals surface area contributed by atoms with Gasteiger partial charge in [-0.1, -0.05) is 51.3 Å². The molecule has 0 atom stereocenters. The van der Waals surface area contributed by atoms with Gasteiger partial charge in [-0.15, -0.1) is 0 Å². The van der Waals surface area contributed by atoms with Crippen molar-refractivity contribution in [3.8, 4) is 0 Å². The average molecular weight is 394 g/mol. The van der Waals surface area contributed by atoms with Crippen molar-refractivity contribution in [1.82, 2.24) is 0 Å². The van der Waals surface area contributed by atoms with Crippen LogP contribution in [0.25, 0.3) is 0 Å². The summed E-state index contributed by atoms with van der Waals surface area (Å²) in [4.78, 5) is 14.0. The summed E-state index contributed by atoms with van der Waals surface area (Å²) in [7, 11) is 0. The van der Waals surface area contributed by atoms with Crippen LogP contribution < -0.4 is 4.90 Å². The molecule has 0 aliphatic rings. The minimum atomic E-state index is 0.0868. The van der Waals surface area contributed by atoms with Crippen molar-refractivity contribution in [2.75, 3.05) is 10.2 Å². The monoisotopic (exact) mass is 393 g/mol. The number of Topliss-reactive ketones (excluding diaryl/α,β-unsaturated/α-hetero) is 1. The van der Waals surface area contributed by atoms with Crippen LogP contribution in [0.1, 0.15) is 21.5 Å². The van der Waals surface area contributed by atoms with E-state index in [1.807, 2.05) is 24.3 Å². The summed E-state index contributed by atoms with van der Waals surface area (Å²) < 4.78 is 0. The first kappa shape index (κ1) is 17.4. The predicted octanol–water partition coefficient (Wildman–Crippen LogP) is 6.35. The van der Waals surface area contributed by atoms with E-state index in [4.69, 9.17) is 0 Å². The van der Waals surface area contributed by atoms with Gasteiger partial charge in [0.1, 0.15) is 0 Å². The van der Waals surface area contributed by atoms with E-state index < -0.39 is 0 Å². The highest BCUT2D eigenvalue weighted by atomic mass is 79.9. The van der Waals surface area contributed by atoms with Crippen molar-refractivity contribution >= 4 is 38.8 Å². The zero-order valence-corrected chi connectivity index (χ0v) is 16.0. The molecule has 3 heteroatoms. The van der Waals surface area contributed by atoms with Crippen LogP contribution in [0.2, 0.25) is 0 Å². The van der Waals surface area contributed by atoms with E-state index in [1.54, 1.807) is 0 Å². The largest absolute Gasteiger partial charge is 0.311 e. The lowest BCUT2D eigenvalue weighted by Gasteiger charge is -2.26. The number of anilines is 3. The number of carbonyl (C=O) groups is 1. The van der Waals surface area contributed by atoms with Crippen molar-refractivity contribution in [1.29, 1.82) is 0 Å². The van der Waals surface area contributed by atoms with Gasteiger partial charge >= 0.3 is 0 Å². The van der Waals surface area contributed by atoms with Gasteiger partial charge in [0.25, 0.3) is 0 Å². The molecule has 0 aliphatic heterocycles. The third-order valence-corrected chi connectivity index (χ3v) is 4.66. The summed E-state index contributed by atoms with van der Waals surface area (Å²) in [6, 6.07) is 24.7. The molecule has 0 saturated heterocycles. The SMILES string of the molecule is Cc1ccc(N(c2ccc(C)cc2)c2ccc(C(=O)CBr)cc2)cc1. The number of carbonyl (C=O) groups excluding carboxylic acids is 1. The fraction of sp³-hybridized carbons (Fsp3) is 0.136.